The van der Waals surface area contributed by atoms with Crippen LogP contribution in [0.25, 0.3) is 0 Å². The Morgan fingerprint density at radius 2 is 1.74 bits per heavy atom. The molecule has 0 bridgehead atoms. The Morgan fingerprint density at radius 3 is 2.41 bits per heavy atom. The minimum atomic E-state index is -0.625. The van der Waals surface area contributed by atoms with Gasteiger partial charge in [-0.05, 0) is 42.5 Å². The van der Waals surface area contributed by atoms with Crippen LogP contribution in [0.1, 0.15) is 10.4 Å². The van der Waals surface area contributed by atoms with E-state index in [1.54, 1.807) is 4.90 Å². The van der Waals surface area contributed by atoms with Crippen LogP contribution in [0.3, 0.4) is 0 Å². The first-order chi connectivity index (χ1) is 12.9. The van der Waals surface area contributed by atoms with Crippen molar-refractivity contribution in [3.05, 3.63) is 63.3 Å². The van der Waals surface area contributed by atoms with Gasteiger partial charge in [0.05, 0.1) is 12.1 Å². The molecular weight excluding hydrogens is 437 g/mol. The Labute approximate surface area is 170 Å². The molecule has 0 spiro atoms. The third-order valence-corrected chi connectivity index (χ3v) is 5.14. The maximum absolute atomic E-state index is 13.7. The molecule has 0 radical (unpaired) electrons. The molecule has 1 saturated heterocycles. The van der Waals surface area contributed by atoms with Gasteiger partial charge in [0.15, 0.2) is 0 Å². The molecule has 5 nitrogen and oxygen atoms in total. The molecule has 0 atom stereocenters. The summed E-state index contributed by atoms with van der Waals surface area (Å²) in [4.78, 5) is 28.3. The van der Waals surface area contributed by atoms with Crippen LogP contribution in [0, 0.1) is 5.82 Å². The van der Waals surface area contributed by atoms with Gasteiger partial charge in [0.1, 0.15) is 5.82 Å². The molecule has 2 amide bonds. The number of nitrogens with zero attached hydrogens (tertiary/aromatic N) is 2. The standard InChI is InChI=1S/C19H18BrClFN3O2/c20-13-1-6-17(22)16(11-13)19(27)23-12-18(26)25-9-7-24(8-10-25)15-4-2-14(21)3-5-15/h1-6,11H,7-10,12H2,(H,23,27). The second-order valence-electron chi connectivity index (χ2n) is 6.15. The Bertz CT molecular complexity index is 839. The summed E-state index contributed by atoms with van der Waals surface area (Å²) < 4.78 is 14.3. The number of carbonyl (C=O) groups is 2. The Balaban J connectivity index is 1.50. The van der Waals surface area contributed by atoms with Gasteiger partial charge in [0.2, 0.25) is 5.91 Å². The van der Waals surface area contributed by atoms with Gasteiger partial charge in [0.25, 0.3) is 5.91 Å². The van der Waals surface area contributed by atoms with Crippen LogP contribution in [0.2, 0.25) is 5.02 Å². The van der Waals surface area contributed by atoms with Gasteiger partial charge in [-0.2, -0.15) is 0 Å². The number of carbonyl (C=O) groups excluding carboxylic acids is 2. The Morgan fingerprint density at radius 1 is 1.07 bits per heavy atom. The molecule has 1 aliphatic heterocycles. The van der Waals surface area contributed by atoms with Crippen molar-refractivity contribution in [2.24, 2.45) is 0 Å². The Hall–Kier alpha value is -2.12. The van der Waals surface area contributed by atoms with E-state index >= 15 is 0 Å². The van der Waals surface area contributed by atoms with Crippen LogP contribution < -0.4 is 10.2 Å². The lowest BCUT2D eigenvalue weighted by molar-refractivity contribution is -0.130. The van der Waals surface area contributed by atoms with Crippen molar-refractivity contribution >= 4 is 45.0 Å². The fraction of sp³-hybridized carbons (Fsp3) is 0.263. The minimum absolute atomic E-state index is 0.0928. The fourth-order valence-corrected chi connectivity index (χ4v) is 3.39. The first-order valence-electron chi connectivity index (χ1n) is 8.45. The number of benzene rings is 2. The number of amides is 2. The van der Waals surface area contributed by atoms with Crippen molar-refractivity contribution in [1.82, 2.24) is 10.2 Å². The number of nitrogens with one attached hydrogen (secondary N) is 1. The summed E-state index contributed by atoms with van der Waals surface area (Å²) >= 11 is 9.11. The molecule has 1 fully saturated rings. The first-order valence-corrected chi connectivity index (χ1v) is 9.62. The number of anilines is 1. The van der Waals surface area contributed by atoms with E-state index in [9.17, 15) is 14.0 Å². The topological polar surface area (TPSA) is 52.7 Å². The van der Waals surface area contributed by atoms with Crippen molar-refractivity contribution in [2.75, 3.05) is 37.6 Å². The van der Waals surface area contributed by atoms with Crippen LogP contribution in [0.15, 0.2) is 46.9 Å². The van der Waals surface area contributed by atoms with E-state index < -0.39 is 11.7 Å². The van der Waals surface area contributed by atoms with Crippen LogP contribution in [0.5, 0.6) is 0 Å². The van der Waals surface area contributed by atoms with Crippen molar-refractivity contribution in [2.45, 2.75) is 0 Å². The highest BCUT2D eigenvalue weighted by Crippen LogP contribution is 2.19. The van der Waals surface area contributed by atoms with Gasteiger partial charge in [-0.15, -0.1) is 0 Å². The zero-order valence-electron chi connectivity index (χ0n) is 14.4. The lowest BCUT2D eigenvalue weighted by Gasteiger charge is -2.36. The maximum Gasteiger partial charge on any atom is 0.254 e. The van der Waals surface area contributed by atoms with E-state index in [0.29, 0.717) is 35.7 Å². The predicted octanol–water partition coefficient (Wildman–Crippen LogP) is 3.32. The van der Waals surface area contributed by atoms with E-state index in [0.717, 1.165) is 5.69 Å². The maximum atomic E-state index is 13.7. The molecule has 1 heterocycles. The third kappa shape index (κ3) is 4.99. The summed E-state index contributed by atoms with van der Waals surface area (Å²) in [5.74, 6) is -1.42. The monoisotopic (exact) mass is 453 g/mol. The van der Waals surface area contributed by atoms with Gasteiger partial charge in [-0.3, -0.25) is 9.59 Å². The number of hydrogen-bond acceptors (Lipinski definition) is 3. The average molecular weight is 455 g/mol. The largest absolute Gasteiger partial charge is 0.368 e. The highest BCUT2D eigenvalue weighted by Gasteiger charge is 2.22. The third-order valence-electron chi connectivity index (χ3n) is 4.40. The van der Waals surface area contributed by atoms with Crippen molar-refractivity contribution in [1.29, 1.82) is 0 Å². The van der Waals surface area contributed by atoms with Gasteiger partial charge < -0.3 is 15.1 Å². The quantitative estimate of drug-likeness (QED) is 0.771. The summed E-state index contributed by atoms with van der Waals surface area (Å²) in [5, 5.41) is 3.18. The summed E-state index contributed by atoms with van der Waals surface area (Å²) in [7, 11) is 0. The number of hydrogen-bond donors (Lipinski definition) is 1. The van der Waals surface area contributed by atoms with Crippen LogP contribution in [0.4, 0.5) is 10.1 Å². The molecule has 0 saturated carbocycles. The molecule has 2 aromatic carbocycles. The van der Waals surface area contributed by atoms with Gasteiger partial charge >= 0.3 is 0 Å². The van der Waals surface area contributed by atoms with Crippen LogP contribution >= 0.6 is 27.5 Å². The lowest BCUT2D eigenvalue weighted by atomic mass is 10.2. The molecule has 1 aliphatic rings. The molecular formula is C19H18BrClFN3O2. The summed E-state index contributed by atoms with van der Waals surface area (Å²) in [6.45, 7) is 2.35. The Kier molecular flexibility index (Phi) is 6.34. The van der Waals surface area contributed by atoms with E-state index in [2.05, 4.69) is 26.1 Å². The molecule has 8 heteroatoms. The number of halogens is 3. The molecule has 3 rings (SSSR count). The number of piperazine rings is 1. The second kappa shape index (κ2) is 8.71. The molecule has 142 valence electrons. The second-order valence-corrected chi connectivity index (χ2v) is 7.50. The van der Waals surface area contributed by atoms with E-state index in [1.165, 1.54) is 18.2 Å². The molecule has 27 heavy (non-hydrogen) atoms. The SMILES string of the molecule is O=C(NCC(=O)N1CCN(c2ccc(Cl)cc2)CC1)c1cc(Br)ccc1F. The summed E-state index contributed by atoms with van der Waals surface area (Å²) in [5.41, 5.74) is 0.967. The normalized spacial score (nSPS) is 14.2. The number of rotatable bonds is 4. The zero-order valence-corrected chi connectivity index (χ0v) is 16.8. The van der Waals surface area contributed by atoms with E-state index in [4.69, 9.17) is 11.6 Å². The summed E-state index contributed by atoms with van der Waals surface area (Å²) in [6, 6.07) is 11.7. The summed E-state index contributed by atoms with van der Waals surface area (Å²) in [6.07, 6.45) is 0. The van der Waals surface area contributed by atoms with Crippen molar-refractivity contribution in [3.8, 4) is 0 Å². The molecule has 0 aliphatic carbocycles. The van der Waals surface area contributed by atoms with Crippen molar-refractivity contribution < 1.29 is 14.0 Å². The van der Waals surface area contributed by atoms with E-state index in [1.807, 2.05) is 24.3 Å². The highest BCUT2D eigenvalue weighted by atomic mass is 79.9. The van der Waals surface area contributed by atoms with Gasteiger partial charge in [0, 0.05) is 41.4 Å². The molecule has 1 N–H and O–H groups in total. The highest BCUT2D eigenvalue weighted by molar-refractivity contribution is 9.10. The minimum Gasteiger partial charge on any atom is -0.368 e. The predicted molar refractivity (Wildman–Crippen MR) is 107 cm³/mol. The van der Waals surface area contributed by atoms with E-state index in [-0.39, 0.29) is 18.0 Å². The fourth-order valence-electron chi connectivity index (χ4n) is 2.90. The first kappa shape index (κ1) is 19.6. The van der Waals surface area contributed by atoms with Crippen LogP contribution in [-0.2, 0) is 4.79 Å². The van der Waals surface area contributed by atoms with Crippen LogP contribution in [-0.4, -0.2) is 49.4 Å². The lowest BCUT2D eigenvalue weighted by Crippen LogP contribution is -2.51. The smallest absolute Gasteiger partial charge is 0.254 e. The average Bonchev–Trinajstić information content (AvgIpc) is 2.68. The zero-order chi connectivity index (χ0) is 19.4. The van der Waals surface area contributed by atoms with Gasteiger partial charge in [-0.25, -0.2) is 4.39 Å². The molecule has 2 aromatic rings. The van der Waals surface area contributed by atoms with Crippen molar-refractivity contribution in [3.63, 3.8) is 0 Å². The molecule has 0 aromatic heterocycles. The van der Waals surface area contributed by atoms with Gasteiger partial charge in [-0.1, -0.05) is 27.5 Å². The molecule has 0 unspecified atom stereocenters.